The Kier molecular flexibility index (Phi) is 5.71. The van der Waals surface area contributed by atoms with E-state index in [0.29, 0.717) is 25.1 Å². The Hall–Kier alpha value is -2.21. The highest BCUT2D eigenvalue weighted by Gasteiger charge is 2.42. The Bertz CT molecular complexity index is 733. The lowest BCUT2D eigenvalue weighted by molar-refractivity contribution is -0.111. The van der Waals surface area contributed by atoms with Gasteiger partial charge in [-0.2, -0.15) is 0 Å². The van der Waals surface area contributed by atoms with Crippen molar-refractivity contribution in [2.24, 2.45) is 0 Å². The van der Waals surface area contributed by atoms with Gasteiger partial charge in [0.2, 0.25) is 0 Å². The zero-order valence-corrected chi connectivity index (χ0v) is 15.1. The van der Waals surface area contributed by atoms with E-state index in [-0.39, 0.29) is 19.0 Å². The summed E-state index contributed by atoms with van der Waals surface area (Å²) in [5, 5.41) is 24.4. The maximum absolute atomic E-state index is 12.6. The monoisotopic (exact) mass is 354 g/mol. The predicted octanol–water partition coefficient (Wildman–Crippen LogP) is 1.72. The van der Waals surface area contributed by atoms with Crippen LogP contribution in [0.25, 0.3) is 0 Å². The van der Waals surface area contributed by atoms with Crippen LogP contribution in [0.15, 0.2) is 54.6 Å². The molecule has 0 aromatic heterocycles. The van der Waals surface area contributed by atoms with E-state index in [1.54, 1.807) is 17.0 Å². The second kappa shape index (κ2) is 7.99. The first kappa shape index (κ1) is 18.6. The molecule has 0 saturated carbocycles. The number of nitrogens with zero attached hydrogens (tertiary/aromatic N) is 1. The molecule has 0 aliphatic carbocycles. The van der Waals surface area contributed by atoms with Crippen molar-refractivity contribution in [1.29, 1.82) is 0 Å². The lowest BCUT2D eigenvalue weighted by Crippen LogP contribution is -2.62. The molecule has 138 valence electrons. The molecule has 1 aliphatic rings. The molecule has 1 amide bonds. The van der Waals surface area contributed by atoms with Gasteiger partial charge in [-0.05, 0) is 31.0 Å². The first-order chi connectivity index (χ1) is 12.5. The van der Waals surface area contributed by atoms with Gasteiger partial charge in [-0.15, -0.1) is 0 Å². The van der Waals surface area contributed by atoms with Crippen molar-refractivity contribution in [3.8, 4) is 0 Å². The van der Waals surface area contributed by atoms with Crippen LogP contribution in [0.1, 0.15) is 27.9 Å². The van der Waals surface area contributed by atoms with Crippen molar-refractivity contribution in [2.45, 2.75) is 31.6 Å². The van der Waals surface area contributed by atoms with Gasteiger partial charge in [0.1, 0.15) is 5.60 Å². The van der Waals surface area contributed by atoms with Crippen LogP contribution in [0.3, 0.4) is 0 Å². The van der Waals surface area contributed by atoms with E-state index < -0.39 is 11.7 Å². The molecule has 0 radical (unpaired) electrons. The summed E-state index contributed by atoms with van der Waals surface area (Å²) in [6.45, 7) is 3.41. The Morgan fingerprint density at radius 3 is 2.58 bits per heavy atom. The lowest BCUT2D eigenvalue weighted by atomic mass is 9.89. The van der Waals surface area contributed by atoms with E-state index in [4.69, 9.17) is 0 Å². The molecular weight excluding hydrogens is 328 g/mol. The van der Waals surface area contributed by atoms with Gasteiger partial charge in [-0.25, -0.2) is 0 Å². The fourth-order valence-corrected chi connectivity index (χ4v) is 3.30. The minimum Gasteiger partial charge on any atom is -0.390 e. The summed E-state index contributed by atoms with van der Waals surface area (Å²) in [4.78, 5) is 14.3. The van der Waals surface area contributed by atoms with Crippen LogP contribution in [0.5, 0.6) is 0 Å². The lowest BCUT2D eigenvalue weighted by Gasteiger charge is -2.42. The second-order valence-corrected chi connectivity index (χ2v) is 7.09. The number of aliphatic hydroxyl groups is 2. The number of likely N-dealkylation sites (tertiary alicyclic amines) is 1. The Morgan fingerprint density at radius 2 is 1.88 bits per heavy atom. The van der Waals surface area contributed by atoms with Crippen molar-refractivity contribution in [1.82, 2.24) is 10.2 Å². The van der Waals surface area contributed by atoms with Crippen LogP contribution in [0.4, 0.5) is 0 Å². The van der Waals surface area contributed by atoms with Gasteiger partial charge in [0.25, 0.3) is 5.91 Å². The molecule has 2 atom stereocenters. The molecule has 1 saturated heterocycles. The van der Waals surface area contributed by atoms with E-state index in [9.17, 15) is 15.0 Å². The van der Waals surface area contributed by atoms with Crippen molar-refractivity contribution in [3.63, 3.8) is 0 Å². The summed E-state index contributed by atoms with van der Waals surface area (Å²) in [6.07, 6.45) is -0.491. The fraction of sp³-hybridized carbons (Fsp3) is 0.381. The number of rotatable bonds is 5. The van der Waals surface area contributed by atoms with E-state index in [1.807, 2.05) is 49.4 Å². The van der Waals surface area contributed by atoms with E-state index in [1.165, 1.54) is 5.56 Å². The van der Waals surface area contributed by atoms with Gasteiger partial charge >= 0.3 is 0 Å². The Morgan fingerprint density at radius 1 is 1.19 bits per heavy atom. The zero-order valence-electron chi connectivity index (χ0n) is 15.1. The molecule has 0 unspecified atom stereocenters. The number of piperidine rings is 1. The zero-order chi connectivity index (χ0) is 18.6. The molecule has 1 heterocycles. The van der Waals surface area contributed by atoms with Gasteiger partial charge in [0.15, 0.2) is 0 Å². The first-order valence-electron chi connectivity index (χ1n) is 8.99. The minimum atomic E-state index is -1.35. The topological polar surface area (TPSA) is 72.8 Å². The van der Waals surface area contributed by atoms with Crippen LogP contribution in [0.2, 0.25) is 0 Å². The maximum Gasteiger partial charge on any atom is 0.253 e. The molecule has 3 rings (SSSR count). The summed E-state index contributed by atoms with van der Waals surface area (Å²) in [5.41, 5.74) is 1.55. The molecule has 2 aromatic rings. The fourth-order valence-electron chi connectivity index (χ4n) is 3.30. The summed E-state index contributed by atoms with van der Waals surface area (Å²) in [6, 6.07) is 17.2. The second-order valence-electron chi connectivity index (χ2n) is 7.09. The average Bonchev–Trinajstić information content (AvgIpc) is 2.66. The maximum atomic E-state index is 12.6. The van der Waals surface area contributed by atoms with E-state index >= 15 is 0 Å². The number of β-amino-alcohol motifs (C(OH)–C–C–N with tert-alkyl or cyclic N) is 1. The van der Waals surface area contributed by atoms with Crippen molar-refractivity contribution in [2.75, 3.05) is 19.6 Å². The minimum absolute atomic E-state index is 0.114. The van der Waals surface area contributed by atoms with Crippen LogP contribution in [-0.4, -0.2) is 52.4 Å². The molecule has 1 fully saturated rings. The number of carbonyl (C=O) groups is 1. The van der Waals surface area contributed by atoms with Crippen molar-refractivity contribution in [3.05, 3.63) is 71.3 Å². The quantitative estimate of drug-likeness (QED) is 0.765. The molecule has 26 heavy (non-hydrogen) atoms. The average molecular weight is 354 g/mol. The summed E-state index contributed by atoms with van der Waals surface area (Å²) < 4.78 is 0. The van der Waals surface area contributed by atoms with Gasteiger partial charge in [-0.1, -0.05) is 48.0 Å². The number of nitrogens with one attached hydrogen (secondary N) is 1. The summed E-state index contributed by atoms with van der Waals surface area (Å²) in [7, 11) is 0. The third-order valence-corrected chi connectivity index (χ3v) is 4.95. The number of hydrogen-bond donors (Lipinski definition) is 3. The van der Waals surface area contributed by atoms with Gasteiger partial charge in [0.05, 0.1) is 12.6 Å². The highest BCUT2D eigenvalue weighted by molar-refractivity contribution is 5.94. The predicted molar refractivity (Wildman–Crippen MR) is 101 cm³/mol. The SMILES string of the molecule is Cc1ccc(CNC[C@@]2(O)CN(C(=O)c3ccccc3)CC[C@@H]2O)cc1. The molecule has 2 aromatic carbocycles. The molecule has 5 nitrogen and oxygen atoms in total. The molecule has 0 bridgehead atoms. The molecule has 3 N–H and O–H groups in total. The molecular formula is C21H26N2O3. The van der Waals surface area contributed by atoms with E-state index in [0.717, 1.165) is 5.56 Å². The number of amides is 1. The third kappa shape index (κ3) is 4.30. The largest absolute Gasteiger partial charge is 0.390 e. The van der Waals surface area contributed by atoms with Crippen LogP contribution >= 0.6 is 0 Å². The van der Waals surface area contributed by atoms with Crippen LogP contribution in [-0.2, 0) is 6.54 Å². The Balaban J connectivity index is 1.61. The number of benzene rings is 2. The van der Waals surface area contributed by atoms with Crippen molar-refractivity contribution >= 4 is 5.91 Å². The van der Waals surface area contributed by atoms with Gasteiger partial charge in [0, 0.05) is 25.2 Å². The highest BCUT2D eigenvalue weighted by atomic mass is 16.3. The van der Waals surface area contributed by atoms with Crippen molar-refractivity contribution < 1.29 is 15.0 Å². The smallest absolute Gasteiger partial charge is 0.253 e. The van der Waals surface area contributed by atoms with Crippen LogP contribution in [0, 0.1) is 6.92 Å². The third-order valence-electron chi connectivity index (χ3n) is 4.95. The summed E-state index contributed by atoms with van der Waals surface area (Å²) in [5.74, 6) is -0.116. The normalized spacial score (nSPS) is 23.0. The number of hydrogen-bond acceptors (Lipinski definition) is 4. The molecule has 0 spiro atoms. The van der Waals surface area contributed by atoms with Crippen LogP contribution < -0.4 is 5.32 Å². The molecule has 1 aliphatic heterocycles. The highest BCUT2D eigenvalue weighted by Crippen LogP contribution is 2.23. The number of carbonyl (C=O) groups excluding carboxylic acids is 1. The van der Waals surface area contributed by atoms with E-state index in [2.05, 4.69) is 5.32 Å². The van der Waals surface area contributed by atoms with Gasteiger partial charge < -0.3 is 20.4 Å². The standard InChI is InChI=1S/C21H26N2O3/c1-16-7-9-17(10-8-16)13-22-14-21(26)15-23(12-11-19(21)24)20(25)18-5-3-2-4-6-18/h2-10,19,22,24,26H,11-15H2,1H3/t19-,21+/m0/s1. The first-order valence-corrected chi connectivity index (χ1v) is 8.99. The Labute approximate surface area is 154 Å². The number of aliphatic hydroxyl groups excluding tert-OH is 1. The molecule has 5 heteroatoms. The van der Waals surface area contributed by atoms with Gasteiger partial charge in [-0.3, -0.25) is 4.79 Å². The summed E-state index contributed by atoms with van der Waals surface area (Å²) >= 11 is 0. The number of aryl methyl sites for hydroxylation is 1.